The Labute approximate surface area is 118 Å². The Morgan fingerprint density at radius 1 is 1.35 bits per heavy atom. The fraction of sp³-hybridized carbons (Fsp3) is 0.500. The third kappa shape index (κ3) is 5.46. The van der Waals surface area contributed by atoms with Gasteiger partial charge in [0.05, 0.1) is 12.3 Å². The summed E-state index contributed by atoms with van der Waals surface area (Å²) < 4.78 is 15.3. The number of nitrogens with one attached hydrogen (secondary N) is 1. The minimum absolute atomic E-state index is 0.0570. The number of carbonyl (C=O) groups excluding carboxylic acids is 1. The quantitative estimate of drug-likeness (QED) is 0.812. The number of rotatable bonds is 5. The summed E-state index contributed by atoms with van der Waals surface area (Å²) in [6.07, 6.45) is -0.588. The summed E-state index contributed by atoms with van der Waals surface area (Å²) in [5.74, 6) is 0.440. The van der Waals surface area contributed by atoms with E-state index in [0.717, 1.165) is 0 Å². The van der Waals surface area contributed by atoms with Crippen LogP contribution in [0, 0.1) is 0 Å². The number of amides is 1. The molecule has 0 heterocycles. The Morgan fingerprint density at radius 3 is 2.60 bits per heavy atom. The van der Waals surface area contributed by atoms with E-state index in [1.807, 2.05) is 0 Å². The van der Waals surface area contributed by atoms with Gasteiger partial charge in [-0.15, -0.1) is 0 Å². The molecular formula is C14H21NO5. The summed E-state index contributed by atoms with van der Waals surface area (Å²) in [6.45, 7) is 5.26. The Kier molecular flexibility index (Phi) is 5.79. The van der Waals surface area contributed by atoms with Crippen LogP contribution in [0.4, 0.5) is 10.5 Å². The first-order valence-corrected chi connectivity index (χ1v) is 6.21. The van der Waals surface area contributed by atoms with Crippen molar-refractivity contribution >= 4 is 11.8 Å². The highest BCUT2D eigenvalue weighted by Crippen LogP contribution is 2.26. The number of anilines is 1. The van der Waals surface area contributed by atoms with Gasteiger partial charge in [0, 0.05) is 7.11 Å². The van der Waals surface area contributed by atoms with Gasteiger partial charge in [-0.1, -0.05) is 6.07 Å². The average Bonchev–Trinajstić information content (AvgIpc) is 2.34. The predicted molar refractivity (Wildman–Crippen MR) is 74.7 cm³/mol. The topological polar surface area (TPSA) is 77.0 Å². The fourth-order valence-electron chi connectivity index (χ4n) is 1.44. The van der Waals surface area contributed by atoms with E-state index in [-0.39, 0.29) is 13.4 Å². The Hall–Kier alpha value is -1.79. The van der Waals surface area contributed by atoms with Crippen molar-refractivity contribution in [2.45, 2.75) is 33.0 Å². The van der Waals surface area contributed by atoms with Crippen LogP contribution >= 0.6 is 0 Å². The van der Waals surface area contributed by atoms with Crippen LogP contribution in [0.15, 0.2) is 18.2 Å². The van der Waals surface area contributed by atoms with Crippen molar-refractivity contribution < 1.29 is 24.1 Å². The molecule has 20 heavy (non-hydrogen) atoms. The molecule has 0 aliphatic carbocycles. The molecule has 1 rings (SSSR count). The zero-order valence-corrected chi connectivity index (χ0v) is 12.2. The van der Waals surface area contributed by atoms with Crippen LogP contribution in [-0.2, 0) is 16.1 Å². The summed E-state index contributed by atoms with van der Waals surface area (Å²) in [7, 11) is 1.50. The SMILES string of the molecule is COCOc1ccc(CO)cc1NC(=O)OC(C)(C)C. The van der Waals surface area contributed by atoms with Crippen molar-refractivity contribution in [2.24, 2.45) is 0 Å². The number of aliphatic hydroxyl groups is 1. The van der Waals surface area contributed by atoms with Crippen LogP contribution in [0.2, 0.25) is 0 Å². The minimum Gasteiger partial charge on any atom is -0.465 e. The molecule has 112 valence electrons. The molecule has 1 aromatic carbocycles. The Bertz CT molecular complexity index is 453. The van der Waals surface area contributed by atoms with Crippen molar-refractivity contribution in [2.75, 3.05) is 19.2 Å². The molecule has 0 fully saturated rings. The van der Waals surface area contributed by atoms with E-state index in [1.54, 1.807) is 39.0 Å². The monoisotopic (exact) mass is 283 g/mol. The maximum absolute atomic E-state index is 11.8. The van der Waals surface area contributed by atoms with Crippen molar-refractivity contribution in [1.29, 1.82) is 0 Å². The highest BCUT2D eigenvalue weighted by atomic mass is 16.7. The Morgan fingerprint density at radius 2 is 2.05 bits per heavy atom. The molecule has 1 aromatic rings. The summed E-state index contributed by atoms with van der Waals surface area (Å²) in [5.41, 5.74) is 0.482. The third-order valence-corrected chi connectivity index (χ3v) is 2.19. The lowest BCUT2D eigenvalue weighted by Crippen LogP contribution is -2.27. The first kappa shape index (κ1) is 16.3. The van der Waals surface area contributed by atoms with Gasteiger partial charge in [-0.25, -0.2) is 4.79 Å². The molecule has 0 unspecified atom stereocenters. The zero-order valence-electron chi connectivity index (χ0n) is 12.2. The van der Waals surface area contributed by atoms with Crippen LogP contribution in [0.1, 0.15) is 26.3 Å². The molecular weight excluding hydrogens is 262 g/mol. The van der Waals surface area contributed by atoms with E-state index in [1.165, 1.54) is 7.11 Å². The van der Waals surface area contributed by atoms with Gasteiger partial charge < -0.3 is 19.3 Å². The second-order valence-corrected chi connectivity index (χ2v) is 5.17. The third-order valence-electron chi connectivity index (χ3n) is 2.19. The molecule has 0 saturated heterocycles. The number of hydrogen-bond acceptors (Lipinski definition) is 5. The molecule has 0 aliphatic heterocycles. The lowest BCUT2D eigenvalue weighted by molar-refractivity contribution is 0.0509. The number of aliphatic hydroxyl groups excluding tert-OH is 1. The summed E-state index contributed by atoms with van der Waals surface area (Å²) in [6, 6.07) is 4.97. The van der Waals surface area contributed by atoms with E-state index in [0.29, 0.717) is 17.0 Å². The number of ether oxygens (including phenoxy) is 3. The molecule has 0 aliphatic rings. The number of methoxy groups -OCH3 is 1. The molecule has 0 atom stereocenters. The molecule has 6 nitrogen and oxygen atoms in total. The molecule has 2 N–H and O–H groups in total. The molecule has 1 amide bonds. The highest BCUT2D eigenvalue weighted by Gasteiger charge is 2.17. The fourth-order valence-corrected chi connectivity index (χ4v) is 1.44. The molecule has 0 bridgehead atoms. The Balaban J connectivity index is 2.86. The summed E-state index contributed by atoms with van der Waals surface area (Å²) in [5, 5.41) is 11.7. The second-order valence-electron chi connectivity index (χ2n) is 5.17. The minimum atomic E-state index is -0.591. The largest absolute Gasteiger partial charge is 0.465 e. The van der Waals surface area contributed by atoms with E-state index in [4.69, 9.17) is 19.3 Å². The zero-order chi connectivity index (χ0) is 15.2. The average molecular weight is 283 g/mol. The highest BCUT2D eigenvalue weighted by molar-refractivity contribution is 5.87. The summed E-state index contributed by atoms with van der Waals surface area (Å²) in [4.78, 5) is 11.8. The van der Waals surface area contributed by atoms with Gasteiger partial charge >= 0.3 is 6.09 Å². The van der Waals surface area contributed by atoms with Crippen LogP contribution in [0.5, 0.6) is 5.75 Å². The molecule has 0 radical (unpaired) electrons. The summed E-state index contributed by atoms with van der Waals surface area (Å²) >= 11 is 0. The van der Waals surface area contributed by atoms with Crippen molar-refractivity contribution in [3.05, 3.63) is 23.8 Å². The lowest BCUT2D eigenvalue weighted by Gasteiger charge is -2.20. The van der Waals surface area contributed by atoms with Gasteiger partial charge in [0.2, 0.25) is 0 Å². The van der Waals surface area contributed by atoms with Crippen molar-refractivity contribution in [3.63, 3.8) is 0 Å². The first-order valence-electron chi connectivity index (χ1n) is 6.21. The van der Waals surface area contributed by atoms with Gasteiger partial charge in [-0.3, -0.25) is 5.32 Å². The van der Waals surface area contributed by atoms with Gasteiger partial charge in [0.15, 0.2) is 6.79 Å². The van der Waals surface area contributed by atoms with Gasteiger partial charge in [-0.2, -0.15) is 0 Å². The van der Waals surface area contributed by atoms with Crippen molar-refractivity contribution in [3.8, 4) is 5.75 Å². The number of hydrogen-bond donors (Lipinski definition) is 2. The van der Waals surface area contributed by atoms with E-state index >= 15 is 0 Å². The van der Waals surface area contributed by atoms with E-state index in [2.05, 4.69) is 5.32 Å². The van der Waals surface area contributed by atoms with Crippen LogP contribution in [0.3, 0.4) is 0 Å². The number of benzene rings is 1. The normalized spacial score (nSPS) is 11.1. The maximum Gasteiger partial charge on any atom is 0.412 e. The molecule has 6 heteroatoms. The second kappa shape index (κ2) is 7.12. The van der Waals surface area contributed by atoms with Crippen LogP contribution in [-0.4, -0.2) is 30.7 Å². The number of carbonyl (C=O) groups is 1. The van der Waals surface area contributed by atoms with Gasteiger partial charge in [0.25, 0.3) is 0 Å². The van der Waals surface area contributed by atoms with Crippen LogP contribution < -0.4 is 10.1 Å². The maximum atomic E-state index is 11.8. The smallest absolute Gasteiger partial charge is 0.412 e. The van der Waals surface area contributed by atoms with Gasteiger partial charge in [-0.05, 0) is 38.5 Å². The van der Waals surface area contributed by atoms with E-state index < -0.39 is 11.7 Å². The molecule has 0 spiro atoms. The van der Waals surface area contributed by atoms with Crippen LogP contribution in [0.25, 0.3) is 0 Å². The predicted octanol–water partition coefficient (Wildman–Crippen LogP) is 2.51. The van der Waals surface area contributed by atoms with E-state index in [9.17, 15) is 4.79 Å². The standard InChI is InChI=1S/C14H21NO5/c1-14(2,3)20-13(17)15-11-7-10(8-16)5-6-12(11)19-9-18-4/h5-7,16H,8-9H2,1-4H3,(H,15,17). The molecule has 0 saturated carbocycles. The van der Waals surface area contributed by atoms with Crippen molar-refractivity contribution in [1.82, 2.24) is 0 Å². The lowest BCUT2D eigenvalue weighted by atomic mass is 10.2. The molecule has 0 aromatic heterocycles. The van der Waals surface area contributed by atoms with Gasteiger partial charge in [0.1, 0.15) is 11.4 Å². The first-order chi connectivity index (χ1) is 9.35.